The quantitative estimate of drug-likeness (QED) is 0.586. The highest BCUT2D eigenvalue weighted by Gasteiger charge is 2.21. The molecule has 21 heavy (non-hydrogen) atoms. The van der Waals surface area contributed by atoms with E-state index >= 15 is 0 Å². The van der Waals surface area contributed by atoms with Gasteiger partial charge in [-0.3, -0.25) is 15.6 Å². The molecule has 2 atom stereocenters. The third kappa shape index (κ3) is 5.24. The normalized spacial score (nSPS) is 21.6. The van der Waals surface area contributed by atoms with Crippen molar-refractivity contribution in [3.05, 3.63) is 16.1 Å². The van der Waals surface area contributed by atoms with Crippen LogP contribution in [0.3, 0.4) is 0 Å². The van der Waals surface area contributed by atoms with Crippen LogP contribution in [0.4, 0.5) is 0 Å². The van der Waals surface area contributed by atoms with Crippen LogP contribution in [0.25, 0.3) is 0 Å². The molecule has 0 radical (unpaired) electrons. The molecule has 1 aromatic heterocycles. The first-order chi connectivity index (χ1) is 10.0. The molecule has 0 bridgehead atoms. The molecule has 7 heteroatoms. The number of nitrogens with zero attached hydrogens (tertiary/aromatic N) is 1. The maximum Gasteiger partial charge on any atom is 0.245 e. The maximum atomic E-state index is 11.8. The molecule has 0 saturated heterocycles. The predicted octanol–water partition coefficient (Wildman–Crippen LogP) is 2.07. The molecule has 1 aliphatic carbocycles. The summed E-state index contributed by atoms with van der Waals surface area (Å²) in [6, 6.07) is 0.400. The first-order valence-electron chi connectivity index (χ1n) is 7.31. The minimum Gasteiger partial charge on any atom is -0.358 e. The van der Waals surface area contributed by atoms with E-state index in [0.29, 0.717) is 17.1 Å². The molecule has 0 unspecified atom stereocenters. The summed E-state index contributed by atoms with van der Waals surface area (Å²) in [6.07, 6.45) is 5.17. The Kier molecular flexibility index (Phi) is 5.93. The van der Waals surface area contributed by atoms with Crippen LogP contribution in [0.15, 0.2) is 5.38 Å². The van der Waals surface area contributed by atoms with Gasteiger partial charge < -0.3 is 5.32 Å². The van der Waals surface area contributed by atoms with Crippen LogP contribution in [-0.2, 0) is 11.2 Å². The Labute approximate surface area is 134 Å². The Hall–Kier alpha value is -1.21. The summed E-state index contributed by atoms with van der Waals surface area (Å²) in [4.78, 5) is 16.1. The van der Waals surface area contributed by atoms with Crippen LogP contribution in [0.1, 0.15) is 43.3 Å². The largest absolute Gasteiger partial charge is 0.358 e. The minimum atomic E-state index is -0.134. The number of carbonyl (C=O) groups excluding carboxylic acids is 1. The molecule has 116 valence electrons. The molecule has 1 aliphatic rings. The highest BCUT2D eigenvalue weighted by Crippen LogP contribution is 2.23. The van der Waals surface area contributed by atoms with Crippen molar-refractivity contribution < 1.29 is 4.79 Å². The van der Waals surface area contributed by atoms with E-state index in [1.165, 1.54) is 30.6 Å². The molecule has 1 heterocycles. The topological polar surface area (TPSA) is 66.1 Å². The van der Waals surface area contributed by atoms with E-state index in [9.17, 15) is 4.79 Å². The van der Waals surface area contributed by atoms with Gasteiger partial charge >= 0.3 is 0 Å². The van der Waals surface area contributed by atoms with Crippen LogP contribution < -0.4 is 16.2 Å². The highest BCUT2D eigenvalue weighted by atomic mass is 32.1. The van der Waals surface area contributed by atoms with Gasteiger partial charge in [0, 0.05) is 17.1 Å². The third-order valence-corrected chi connectivity index (χ3v) is 4.91. The molecule has 1 aromatic rings. The second-order valence-corrected chi connectivity index (χ2v) is 6.93. The van der Waals surface area contributed by atoms with Crippen molar-refractivity contribution in [2.24, 2.45) is 5.92 Å². The number of amides is 1. The van der Waals surface area contributed by atoms with Gasteiger partial charge in [-0.05, 0) is 37.9 Å². The zero-order chi connectivity index (χ0) is 15.2. The standard InChI is InChI=1S/C14H22N4OS2/c1-9-5-3-4-6-11(9)16-14(20)18-17-12(19)7-13-15-10(2)8-21-13/h8-9,11H,3-7H2,1-2H3,(H,17,19)(H2,16,18,20)/t9-,11-/m0/s1. The lowest BCUT2D eigenvalue weighted by Gasteiger charge is -2.30. The van der Waals surface area contributed by atoms with Crippen LogP contribution >= 0.6 is 23.6 Å². The molecule has 2 rings (SSSR count). The zero-order valence-electron chi connectivity index (χ0n) is 12.4. The Morgan fingerprint density at radius 3 is 2.86 bits per heavy atom. The molecule has 0 aliphatic heterocycles. The molecule has 5 nitrogen and oxygen atoms in total. The molecule has 1 saturated carbocycles. The van der Waals surface area contributed by atoms with Gasteiger partial charge in [-0.1, -0.05) is 19.8 Å². The zero-order valence-corrected chi connectivity index (χ0v) is 14.1. The first kappa shape index (κ1) is 16.2. The lowest BCUT2D eigenvalue weighted by Crippen LogP contribution is -2.51. The Morgan fingerprint density at radius 1 is 1.43 bits per heavy atom. The van der Waals surface area contributed by atoms with E-state index in [1.807, 2.05) is 12.3 Å². The van der Waals surface area contributed by atoms with Crippen molar-refractivity contribution in [2.75, 3.05) is 0 Å². The fourth-order valence-corrected chi connectivity index (χ4v) is 3.50. The van der Waals surface area contributed by atoms with Gasteiger partial charge in [0.2, 0.25) is 5.91 Å². The number of thiazole rings is 1. The minimum absolute atomic E-state index is 0.134. The van der Waals surface area contributed by atoms with Crippen molar-refractivity contribution in [1.29, 1.82) is 0 Å². The molecule has 0 spiro atoms. The first-order valence-corrected chi connectivity index (χ1v) is 8.59. The average Bonchev–Trinajstić information content (AvgIpc) is 2.84. The van der Waals surface area contributed by atoms with E-state index in [1.54, 1.807) is 0 Å². The number of nitrogens with one attached hydrogen (secondary N) is 3. The number of hydrogen-bond acceptors (Lipinski definition) is 4. The van der Waals surface area contributed by atoms with E-state index in [0.717, 1.165) is 17.1 Å². The molecule has 0 aromatic carbocycles. The van der Waals surface area contributed by atoms with E-state index in [4.69, 9.17) is 12.2 Å². The summed E-state index contributed by atoms with van der Waals surface area (Å²) in [5.74, 6) is 0.484. The van der Waals surface area contributed by atoms with Gasteiger partial charge in [-0.25, -0.2) is 4.98 Å². The number of rotatable bonds is 3. The van der Waals surface area contributed by atoms with Crippen molar-refractivity contribution in [1.82, 2.24) is 21.2 Å². The number of aromatic nitrogens is 1. The predicted molar refractivity (Wildman–Crippen MR) is 89.0 cm³/mol. The summed E-state index contributed by atoms with van der Waals surface area (Å²) < 4.78 is 0. The summed E-state index contributed by atoms with van der Waals surface area (Å²) in [6.45, 7) is 4.16. The van der Waals surface area contributed by atoms with Crippen LogP contribution in [0, 0.1) is 12.8 Å². The summed E-state index contributed by atoms with van der Waals surface area (Å²) in [7, 11) is 0. The number of thiocarbonyl (C=S) groups is 1. The van der Waals surface area contributed by atoms with Crippen LogP contribution in [-0.4, -0.2) is 22.0 Å². The average molecular weight is 326 g/mol. The van der Waals surface area contributed by atoms with Gasteiger partial charge in [0.15, 0.2) is 5.11 Å². The van der Waals surface area contributed by atoms with Crippen molar-refractivity contribution in [3.8, 4) is 0 Å². The summed E-state index contributed by atoms with van der Waals surface area (Å²) in [5.41, 5.74) is 6.34. The highest BCUT2D eigenvalue weighted by molar-refractivity contribution is 7.80. The smallest absolute Gasteiger partial charge is 0.245 e. The molecular formula is C14H22N4OS2. The Morgan fingerprint density at radius 2 is 2.19 bits per heavy atom. The Bertz CT molecular complexity index is 503. The SMILES string of the molecule is Cc1csc(CC(=O)NNC(=S)N[C@H]2CCCC[C@@H]2C)n1. The lowest BCUT2D eigenvalue weighted by molar-refractivity contribution is -0.121. The van der Waals surface area contributed by atoms with Gasteiger partial charge in [0.25, 0.3) is 0 Å². The number of hydrazine groups is 1. The van der Waals surface area contributed by atoms with E-state index in [2.05, 4.69) is 28.1 Å². The number of hydrogen-bond donors (Lipinski definition) is 3. The van der Waals surface area contributed by atoms with Gasteiger partial charge in [0.05, 0.1) is 6.42 Å². The molecular weight excluding hydrogens is 304 g/mol. The molecule has 1 fully saturated rings. The molecule has 1 amide bonds. The Balaban J connectivity index is 1.69. The maximum absolute atomic E-state index is 11.8. The van der Waals surface area contributed by atoms with E-state index < -0.39 is 0 Å². The van der Waals surface area contributed by atoms with Crippen molar-refractivity contribution in [3.63, 3.8) is 0 Å². The summed E-state index contributed by atoms with van der Waals surface area (Å²) >= 11 is 6.72. The van der Waals surface area contributed by atoms with Gasteiger partial charge in [0.1, 0.15) is 5.01 Å². The number of aryl methyl sites for hydroxylation is 1. The van der Waals surface area contributed by atoms with Crippen LogP contribution in [0.5, 0.6) is 0 Å². The molecule has 3 N–H and O–H groups in total. The van der Waals surface area contributed by atoms with Gasteiger partial charge in [-0.15, -0.1) is 11.3 Å². The fraction of sp³-hybridized carbons (Fsp3) is 0.643. The number of carbonyl (C=O) groups is 1. The summed E-state index contributed by atoms with van der Waals surface area (Å²) in [5, 5.41) is 6.52. The lowest BCUT2D eigenvalue weighted by atomic mass is 9.86. The van der Waals surface area contributed by atoms with E-state index in [-0.39, 0.29) is 12.3 Å². The van der Waals surface area contributed by atoms with Crippen LogP contribution in [0.2, 0.25) is 0 Å². The van der Waals surface area contributed by atoms with Crippen molar-refractivity contribution >= 4 is 34.6 Å². The second-order valence-electron chi connectivity index (χ2n) is 5.57. The third-order valence-electron chi connectivity index (χ3n) is 3.72. The van der Waals surface area contributed by atoms with Crippen molar-refractivity contribution in [2.45, 2.75) is 52.0 Å². The fourth-order valence-electron chi connectivity index (χ4n) is 2.53. The monoisotopic (exact) mass is 326 g/mol. The van der Waals surface area contributed by atoms with Gasteiger partial charge in [-0.2, -0.15) is 0 Å². The second kappa shape index (κ2) is 7.70.